The molecule has 0 bridgehead atoms. The molecule has 2 atom stereocenters. The van der Waals surface area contributed by atoms with Crippen molar-refractivity contribution >= 4 is 11.9 Å². The van der Waals surface area contributed by atoms with Crippen LogP contribution in [0.4, 0.5) is 0 Å². The van der Waals surface area contributed by atoms with E-state index in [0.717, 1.165) is 44.9 Å². The maximum Gasteiger partial charge on any atom is 0.305 e. The topological polar surface area (TPSA) is 95.9 Å². The van der Waals surface area contributed by atoms with E-state index in [1.165, 1.54) is 366 Å². The van der Waals surface area contributed by atoms with Gasteiger partial charge in [0.25, 0.3) is 0 Å². The van der Waals surface area contributed by atoms with E-state index in [-0.39, 0.29) is 18.5 Å². The molecule has 6 heteroatoms. The summed E-state index contributed by atoms with van der Waals surface area (Å²) in [5.41, 5.74) is 0. The zero-order valence-corrected chi connectivity index (χ0v) is 57.2. The molecule has 0 aliphatic carbocycles. The van der Waals surface area contributed by atoms with Crippen LogP contribution in [0.5, 0.6) is 0 Å². The zero-order chi connectivity index (χ0) is 60.6. The van der Waals surface area contributed by atoms with E-state index in [1.54, 1.807) is 6.08 Å². The van der Waals surface area contributed by atoms with Gasteiger partial charge in [0.15, 0.2) is 0 Å². The van der Waals surface area contributed by atoms with Crippen LogP contribution in [-0.4, -0.2) is 47.4 Å². The number of unbranched alkanes of at least 4 members (excludes halogenated alkanes) is 60. The van der Waals surface area contributed by atoms with Crippen molar-refractivity contribution in [3.8, 4) is 0 Å². The highest BCUT2D eigenvalue weighted by atomic mass is 16.5. The van der Waals surface area contributed by atoms with E-state index in [2.05, 4.69) is 31.3 Å². The molecule has 0 aromatic carbocycles. The van der Waals surface area contributed by atoms with Crippen LogP contribution >= 0.6 is 0 Å². The summed E-state index contributed by atoms with van der Waals surface area (Å²) in [6.07, 6.45) is 94.3. The van der Waals surface area contributed by atoms with Crippen molar-refractivity contribution in [1.29, 1.82) is 0 Å². The van der Waals surface area contributed by atoms with Crippen LogP contribution in [0.25, 0.3) is 0 Å². The first-order valence-electron chi connectivity index (χ1n) is 38.6. The Bertz CT molecular complexity index is 1320. The molecule has 1 amide bonds. The Balaban J connectivity index is 3.36. The molecule has 0 fully saturated rings. The minimum absolute atomic E-state index is 0.0159. The lowest BCUT2D eigenvalue weighted by Crippen LogP contribution is -2.45. The number of esters is 1. The molecule has 0 saturated carbocycles. The van der Waals surface area contributed by atoms with E-state index in [9.17, 15) is 19.8 Å². The highest BCUT2D eigenvalue weighted by Crippen LogP contribution is 2.20. The van der Waals surface area contributed by atoms with Crippen molar-refractivity contribution in [1.82, 2.24) is 5.32 Å². The molecule has 0 aromatic rings. The third kappa shape index (κ3) is 69.4. The molecular formula is C78H151NO5. The summed E-state index contributed by atoms with van der Waals surface area (Å²) in [6.45, 7) is 4.95. The quantitative estimate of drug-likeness (QED) is 0.0320. The largest absolute Gasteiger partial charge is 0.466 e. The van der Waals surface area contributed by atoms with Gasteiger partial charge >= 0.3 is 5.97 Å². The van der Waals surface area contributed by atoms with Crippen LogP contribution in [0.15, 0.2) is 24.3 Å². The summed E-state index contributed by atoms with van der Waals surface area (Å²) in [6, 6.07) is -0.627. The second-order valence-electron chi connectivity index (χ2n) is 26.7. The lowest BCUT2D eigenvalue weighted by molar-refractivity contribution is -0.143. The molecule has 0 rings (SSSR count). The number of rotatable bonds is 73. The first kappa shape index (κ1) is 82.3. The average molecular weight is 1180 g/mol. The fourth-order valence-electron chi connectivity index (χ4n) is 12.3. The fraction of sp³-hybridized carbons (Fsp3) is 0.923. The van der Waals surface area contributed by atoms with E-state index in [0.29, 0.717) is 19.4 Å². The Morgan fingerprint density at radius 3 is 0.845 bits per heavy atom. The second-order valence-corrected chi connectivity index (χ2v) is 26.7. The molecule has 6 nitrogen and oxygen atoms in total. The van der Waals surface area contributed by atoms with Crippen LogP contribution in [-0.2, 0) is 14.3 Å². The molecule has 0 aromatic heterocycles. The average Bonchev–Trinajstić information content (AvgIpc) is 3.51. The number of hydrogen-bond acceptors (Lipinski definition) is 5. The van der Waals surface area contributed by atoms with Gasteiger partial charge in [-0.05, 0) is 57.8 Å². The van der Waals surface area contributed by atoms with Gasteiger partial charge in [0, 0.05) is 12.8 Å². The maximum atomic E-state index is 12.5. The van der Waals surface area contributed by atoms with Crippen molar-refractivity contribution in [3.63, 3.8) is 0 Å². The second kappa shape index (κ2) is 73.8. The Morgan fingerprint density at radius 2 is 0.560 bits per heavy atom. The van der Waals surface area contributed by atoms with Crippen LogP contribution in [0.2, 0.25) is 0 Å². The molecular weight excluding hydrogens is 1030 g/mol. The van der Waals surface area contributed by atoms with Crippen LogP contribution < -0.4 is 5.32 Å². The van der Waals surface area contributed by atoms with Crippen LogP contribution in [0.3, 0.4) is 0 Å². The van der Waals surface area contributed by atoms with Gasteiger partial charge in [-0.3, -0.25) is 9.59 Å². The van der Waals surface area contributed by atoms with Gasteiger partial charge in [0.1, 0.15) is 0 Å². The fourth-order valence-corrected chi connectivity index (χ4v) is 12.3. The van der Waals surface area contributed by atoms with Gasteiger partial charge in [-0.15, -0.1) is 0 Å². The Labute approximate surface area is 526 Å². The van der Waals surface area contributed by atoms with Gasteiger partial charge in [-0.1, -0.05) is 391 Å². The minimum atomic E-state index is -0.844. The molecule has 0 saturated heterocycles. The summed E-state index contributed by atoms with van der Waals surface area (Å²) in [7, 11) is 0. The molecule has 498 valence electrons. The summed E-state index contributed by atoms with van der Waals surface area (Å²) in [4.78, 5) is 24.7. The third-order valence-corrected chi connectivity index (χ3v) is 18.2. The van der Waals surface area contributed by atoms with E-state index in [1.807, 2.05) is 6.08 Å². The molecule has 0 heterocycles. The maximum absolute atomic E-state index is 12.5. The summed E-state index contributed by atoms with van der Waals surface area (Å²) >= 11 is 0. The highest BCUT2D eigenvalue weighted by Gasteiger charge is 2.18. The van der Waals surface area contributed by atoms with Crippen molar-refractivity contribution < 1.29 is 24.5 Å². The molecule has 0 aliphatic rings. The van der Waals surface area contributed by atoms with E-state index >= 15 is 0 Å². The Morgan fingerprint density at radius 1 is 0.321 bits per heavy atom. The van der Waals surface area contributed by atoms with Crippen molar-refractivity contribution in [2.75, 3.05) is 13.2 Å². The minimum Gasteiger partial charge on any atom is -0.466 e. The molecule has 0 radical (unpaired) electrons. The summed E-state index contributed by atoms with van der Waals surface area (Å²) in [5, 5.41) is 23.3. The third-order valence-electron chi connectivity index (χ3n) is 18.2. The first-order chi connectivity index (χ1) is 41.5. The Hall–Kier alpha value is -1.66. The molecule has 0 aliphatic heterocycles. The summed E-state index contributed by atoms with van der Waals surface area (Å²) in [5.74, 6) is -0.0446. The zero-order valence-electron chi connectivity index (χ0n) is 57.2. The number of carbonyl (C=O) groups excluding carboxylic acids is 2. The monoisotopic (exact) mass is 1180 g/mol. The molecule has 3 N–H and O–H groups in total. The highest BCUT2D eigenvalue weighted by molar-refractivity contribution is 5.76. The first-order valence-corrected chi connectivity index (χ1v) is 38.6. The van der Waals surface area contributed by atoms with Gasteiger partial charge in [-0.25, -0.2) is 0 Å². The Kier molecular flexibility index (Phi) is 72.3. The van der Waals surface area contributed by atoms with Crippen molar-refractivity contribution in [2.45, 2.75) is 450 Å². The predicted molar refractivity (Wildman–Crippen MR) is 370 cm³/mol. The number of aliphatic hydroxyl groups is 2. The predicted octanol–water partition coefficient (Wildman–Crippen LogP) is 25.3. The summed E-state index contributed by atoms with van der Waals surface area (Å²) < 4.78 is 5.51. The lowest BCUT2D eigenvalue weighted by atomic mass is 10.0. The van der Waals surface area contributed by atoms with E-state index in [4.69, 9.17) is 4.74 Å². The lowest BCUT2D eigenvalue weighted by Gasteiger charge is -2.20. The standard InChI is InChI=1S/C78H151NO5/c1-3-5-7-9-11-13-15-17-19-21-23-24-32-35-38-42-46-50-54-58-62-66-70-76(81)75(74-80)79-77(82)71-67-63-59-55-51-47-43-39-36-33-30-28-26-25-27-29-31-34-37-41-45-49-53-57-61-65-69-73-84-78(83)72-68-64-60-56-52-48-44-40-22-20-18-16-14-12-10-8-6-4-2/h20,22,66,70,75-76,80-81H,3-19,21,23-65,67-69,71-74H2,1-2H3,(H,79,82)/b22-20-,70-66+. The van der Waals surface area contributed by atoms with Gasteiger partial charge in [0.05, 0.1) is 25.4 Å². The van der Waals surface area contributed by atoms with Crippen molar-refractivity contribution in [3.05, 3.63) is 24.3 Å². The number of carbonyl (C=O) groups is 2. The van der Waals surface area contributed by atoms with Crippen molar-refractivity contribution in [2.24, 2.45) is 0 Å². The van der Waals surface area contributed by atoms with Crippen LogP contribution in [0, 0.1) is 0 Å². The molecule has 84 heavy (non-hydrogen) atoms. The van der Waals surface area contributed by atoms with Crippen LogP contribution in [0.1, 0.15) is 438 Å². The number of amides is 1. The van der Waals surface area contributed by atoms with Gasteiger partial charge in [0.2, 0.25) is 5.91 Å². The number of ether oxygens (including phenoxy) is 1. The molecule has 0 spiro atoms. The smallest absolute Gasteiger partial charge is 0.305 e. The van der Waals surface area contributed by atoms with E-state index < -0.39 is 12.1 Å². The number of hydrogen-bond donors (Lipinski definition) is 3. The normalized spacial score (nSPS) is 12.6. The molecule has 2 unspecified atom stereocenters. The van der Waals surface area contributed by atoms with Gasteiger partial charge < -0.3 is 20.3 Å². The SMILES string of the molecule is CCCCCCCCC/C=C\CCCCCCCCCC(=O)OCCCCCCCCCCCCCCCCCCCCCCCCCCCCCC(=O)NC(CO)C(O)/C=C/CCCCCCCCCCCCCCCCCCCCCC. The van der Waals surface area contributed by atoms with Gasteiger partial charge in [-0.2, -0.15) is 0 Å². The number of aliphatic hydroxyl groups excluding tert-OH is 2. The number of allylic oxidation sites excluding steroid dienone is 3. The number of nitrogens with one attached hydrogen (secondary N) is 1.